The molecule has 8 heteroatoms. The smallest absolute Gasteiger partial charge is 0.338 e. The Morgan fingerprint density at radius 1 is 1.12 bits per heavy atom. The highest BCUT2D eigenvalue weighted by atomic mass is 32.1. The molecule has 0 aliphatic carbocycles. The van der Waals surface area contributed by atoms with Crippen molar-refractivity contribution in [3.05, 3.63) is 96.2 Å². The van der Waals surface area contributed by atoms with Crippen molar-refractivity contribution in [3.8, 4) is 0 Å². The Morgan fingerprint density at radius 3 is 2.58 bits per heavy atom. The number of allylic oxidation sites excluding steroid dienone is 1. The summed E-state index contributed by atoms with van der Waals surface area (Å²) in [6, 6.07) is 14.2. The Bertz CT molecular complexity index is 1530. The zero-order valence-electron chi connectivity index (χ0n) is 18.3. The first-order valence-electron chi connectivity index (χ1n) is 10.6. The largest absolute Gasteiger partial charge is 0.463 e. The van der Waals surface area contributed by atoms with Crippen molar-refractivity contribution in [1.29, 1.82) is 0 Å². The molecule has 33 heavy (non-hydrogen) atoms. The molecule has 166 valence electrons. The van der Waals surface area contributed by atoms with E-state index in [0.29, 0.717) is 37.4 Å². The first-order valence-corrected chi connectivity index (χ1v) is 11.4. The summed E-state index contributed by atoms with van der Waals surface area (Å²) in [6.45, 7) is 5.66. The van der Waals surface area contributed by atoms with Gasteiger partial charge < -0.3 is 10.1 Å². The average molecular weight is 460 g/mol. The molecule has 3 heterocycles. The minimum absolute atomic E-state index is 0.210. The van der Waals surface area contributed by atoms with E-state index in [4.69, 9.17) is 4.74 Å². The molecule has 0 unspecified atom stereocenters. The van der Waals surface area contributed by atoms with Crippen LogP contribution in [0.25, 0.3) is 5.57 Å². The van der Waals surface area contributed by atoms with Gasteiger partial charge in [-0.1, -0.05) is 59.4 Å². The van der Waals surface area contributed by atoms with Gasteiger partial charge in [0, 0.05) is 11.3 Å². The summed E-state index contributed by atoms with van der Waals surface area (Å²) in [5.41, 5.74) is 3.96. The normalized spacial score (nSPS) is 18.4. The SMILES string of the molecule is CCOC(=O)C1=C(C)N=c2s/c(=C3/C(=O)Nc4ccccc43)c(=O)n2[C@@H]1c1ccc(C)cc1. The fraction of sp³-hybridized carbons (Fsp3) is 0.200. The first kappa shape index (κ1) is 21.1. The van der Waals surface area contributed by atoms with Crippen molar-refractivity contribution in [2.75, 3.05) is 11.9 Å². The van der Waals surface area contributed by atoms with Crippen molar-refractivity contribution in [3.63, 3.8) is 0 Å². The zero-order chi connectivity index (χ0) is 23.3. The average Bonchev–Trinajstić information content (AvgIpc) is 3.28. The molecule has 2 aliphatic rings. The summed E-state index contributed by atoms with van der Waals surface area (Å²) < 4.78 is 7.12. The Morgan fingerprint density at radius 2 is 1.85 bits per heavy atom. The standard InChI is InChI=1S/C25H21N3O4S/c1-4-32-24(31)18-14(3)26-25-28(20(18)15-11-9-13(2)10-12-15)23(30)21(33-25)19-16-7-5-6-8-17(16)27-22(19)29/h5-12,20H,4H2,1-3H3,(H,27,29)/b21-19+/t20-/m1/s1. The van der Waals surface area contributed by atoms with E-state index >= 15 is 0 Å². The van der Waals surface area contributed by atoms with E-state index in [-0.39, 0.29) is 18.1 Å². The molecular weight excluding hydrogens is 438 g/mol. The van der Waals surface area contributed by atoms with Crippen LogP contribution in [0.3, 0.4) is 0 Å². The van der Waals surface area contributed by atoms with Crippen LogP contribution in [-0.4, -0.2) is 23.1 Å². The number of amides is 1. The molecule has 0 spiro atoms. The van der Waals surface area contributed by atoms with Gasteiger partial charge in [-0.05, 0) is 32.4 Å². The molecule has 1 atom stereocenters. The molecule has 0 bridgehead atoms. The first-order chi connectivity index (χ1) is 15.9. The predicted octanol–water partition coefficient (Wildman–Crippen LogP) is 2.43. The van der Waals surface area contributed by atoms with Crippen molar-refractivity contribution >= 4 is 34.5 Å². The maximum atomic E-state index is 13.8. The van der Waals surface area contributed by atoms with Crippen LogP contribution >= 0.6 is 11.3 Å². The van der Waals surface area contributed by atoms with E-state index in [1.54, 1.807) is 19.9 Å². The molecule has 5 rings (SSSR count). The second-order valence-corrected chi connectivity index (χ2v) is 8.89. The fourth-order valence-corrected chi connectivity index (χ4v) is 5.39. The number of esters is 1. The number of para-hydroxylation sites is 1. The van der Waals surface area contributed by atoms with E-state index in [1.807, 2.05) is 49.4 Å². The second-order valence-electron chi connectivity index (χ2n) is 7.91. The molecule has 2 aliphatic heterocycles. The number of aryl methyl sites for hydroxylation is 1. The third-order valence-corrected chi connectivity index (χ3v) is 6.84. The molecule has 2 aromatic carbocycles. The number of fused-ring (bicyclic) bond motifs is 2. The van der Waals surface area contributed by atoms with Crippen molar-refractivity contribution in [2.45, 2.75) is 26.8 Å². The lowest BCUT2D eigenvalue weighted by Crippen LogP contribution is -2.40. The fourth-order valence-electron chi connectivity index (χ4n) is 4.25. The number of hydrogen-bond donors (Lipinski definition) is 1. The van der Waals surface area contributed by atoms with Crippen LogP contribution < -0.4 is 20.2 Å². The minimum atomic E-state index is -0.699. The van der Waals surface area contributed by atoms with Crippen LogP contribution in [0.15, 0.2) is 69.6 Å². The van der Waals surface area contributed by atoms with Gasteiger partial charge in [0.05, 0.1) is 29.5 Å². The number of carbonyl (C=O) groups excluding carboxylic acids is 2. The number of aromatic nitrogens is 1. The number of carbonyl (C=O) groups is 2. The lowest BCUT2D eigenvalue weighted by Gasteiger charge is -2.24. The molecule has 1 N–H and O–H groups in total. The summed E-state index contributed by atoms with van der Waals surface area (Å²) in [7, 11) is 0. The minimum Gasteiger partial charge on any atom is -0.463 e. The van der Waals surface area contributed by atoms with Crippen LogP contribution in [0.4, 0.5) is 5.69 Å². The number of nitrogens with one attached hydrogen (secondary N) is 1. The van der Waals surface area contributed by atoms with E-state index in [9.17, 15) is 14.4 Å². The highest BCUT2D eigenvalue weighted by Crippen LogP contribution is 2.32. The van der Waals surface area contributed by atoms with Crippen molar-refractivity contribution in [2.24, 2.45) is 4.99 Å². The van der Waals surface area contributed by atoms with Gasteiger partial charge in [-0.15, -0.1) is 0 Å². The molecule has 0 radical (unpaired) electrons. The number of anilines is 1. The van der Waals surface area contributed by atoms with Crippen molar-refractivity contribution < 1.29 is 14.3 Å². The predicted molar refractivity (Wildman–Crippen MR) is 126 cm³/mol. The Kier molecular flexibility index (Phi) is 5.09. The molecule has 1 amide bonds. The number of hydrogen-bond acceptors (Lipinski definition) is 6. The van der Waals surface area contributed by atoms with Gasteiger partial charge in [-0.25, -0.2) is 9.79 Å². The Labute approximate surface area is 193 Å². The van der Waals surface area contributed by atoms with Crippen LogP contribution in [0, 0.1) is 6.92 Å². The monoisotopic (exact) mass is 459 g/mol. The topological polar surface area (TPSA) is 89.8 Å². The van der Waals surface area contributed by atoms with Gasteiger partial charge in [0.25, 0.3) is 11.5 Å². The highest BCUT2D eigenvalue weighted by Gasteiger charge is 2.35. The van der Waals surface area contributed by atoms with Crippen LogP contribution in [0.1, 0.15) is 36.6 Å². The number of thiazole rings is 1. The van der Waals surface area contributed by atoms with E-state index < -0.39 is 12.0 Å². The molecule has 0 saturated carbocycles. The quantitative estimate of drug-likeness (QED) is 0.610. The molecule has 0 fully saturated rings. The van der Waals surface area contributed by atoms with Gasteiger partial charge in [-0.3, -0.25) is 14.2 Å². The summed E-state index contributed by atoms with van der Waals surface area (Å²) in [6.07, 6.45) is 0. The Hall–Kier alpha value is -3.78. The maximum absolute atomic E-state index is 13.8. The zero-order valence-corrected chi connectivity index (χ0v) is 19.2. The number of nitrogens with zero attached hydrogens (tertiary/aromatic N) is 2. The molecular formula is C25H21N3O4S. The second kappa shape index (κ2) is 7.97. The highest BCUT2D eigenvalue weighted by molar-refractivity contribution is 7.07. The van der Waals surface area contributed by atoms with Crippen LogP contribution in [0.5, 0.6) is 0 Å². The maximum Gasteiger partial charge on any atom is 0.338 e. The van der Waals surface area contributed by atoms with E-state index in [1.165, 1.54) is 4.57 Å². The third kappa shape index (κ3) is 3.34. The Balaban J connectivity index is 1.82. The van der Waals surface area contributed by atoms with Gasteiger partial charge in [0.1, 0.15) is 4.53 Å². The summed E-state index contributed by atoms with van der Waals surface area (Å²) in [4.78, 5) is 44.5. The summed E-state index contributed by atoms with van der Waals surface area (Å²) >= 11 is 1.16. The summed E-state index contributed by atoms with van der Waals surface area (Å²) in [5, 5.41) is 2.82. The van der Waals surface area contributed by atoms with E-state index in [0.717, 1.165) is 22.5 Å². The molecule has 7 nitrogen and oxygen atoms in total. The van der Waals surface area contributed by atoms with E-state index in [2.05, 4.69) is 10.3 Å². The number of ether oxygens (including phenoxy) is 1. The van der Waals surface area contributed by atoms with Gasteiger partial charge in [-0.2, -0.15) is 0 Å². The number of rotatable bonds is 3. The van der Waals surface area contributed by atoms with Crippen molar-refractivity contribution in [1.82, 2.24) is 4.57 Å². The third-order valence-electron chi connectivity index (χ3n) is 5.78. The summed E-state index contributed by atoms with van der Waals surface area (Å²) in [5.74, 6) is -0.832. The molecule has 1 aromatic heterocycles. The van der Waals surface area contributed by atoms with Gasteiger partial charge in [0.15, 0.2) is 4.80 Å². The molecule has 0 saturated heterocycles. The van der Waals surface area contributed by atoms with Gasteiger partial charge >= 0.3 is 5.97 Å². The lowest BCUT2D eigenvalue weighted by molar-refractivity contribution is -0.139. The van der Waals surface area contributed by atoms with Crippen LogP contribution in [0.2, 0.25) is 0 Å². The molecule has 3 aromatic rings. The lowest BCUT2D eigenvalue weighted by atomic mass is 9.95. The van der Waals surface area contributed by atoms with Gasteiger partial charge in [0.2, 0.25) is 0 Å². The van der Waals surface area contributed by atoms with Crippen LogP contribution in [-0.2, 0) is 14.3 Å². The number of benzene rings is 2.